The second kappa shape index (κ2) is 12.8. The number of esters is 1. The minimum Gasteiger partial charge on any atom is -0.497 e. The van der Waals surface area contributed by atoms with Crippen molar-refractivity contribution in [2.24, 2.45) is 11.8 Å². The zero-order valence-corrected chi connectivity index (χ0v) is 26.8. The van der Waals surface area contributed by atoms with Crippen LogP contribution in [0.15, 0.2) is 42.5 Å². The highest BCUT2D eigenvalue weighted by Gasteiger charge is 2.61. The number of nitrogens with zero attached hydrogens (tertiary/aromatic N) is 2. The van der Waals surface area contributed by atoms with Crippen LogP contribution in [0.25, 0.3) is 0 Å². The van der Waals surface area contributed by atoms with Crippen molar-refractivity contribution >= 4 is 35.1 Å². The third kappa shape index (κ3) is 6.61. The molecule has 0 aromatic heterocycles. The summed E-state index contributed by atoms with van der Waals surface area (Å²) in [6.07, 6.45) is 5.88. The molecular weight excluding hydrogens is 571 g/mol. The molecule has 2 aliphatic carbocycles. The minimum atomic E-state index is -0.676. The standard InChI is InChI=1S/C34H44Cl2N2O4/c1-23(2)20-38(32(40)17-26-10-11-30(35)31(36)16-26)28-12-13-34(42-24(3)39)22-37(21-25-8-9-25)15-14-33(34,19-28)27-6-5-7-29(18-27)41-4/h5-7,10-11,16,18,23,25,28H,8-9,12-15,17,19-22H2,1-4H3/t28-,33-,34-/m0/s1. The van der Waals surface area contributed by atoms with Crippen molar-refractivity contribution in [3.8, 4) is 5.75 Å². The van der Waals surface area contributed by atoms with Crippen LogP contribution in [0.4, 0.5) is 0 Å². The Hall–Kier alpha value is -2.28. The van der Waals surface area contributed by atoms with Crippen molar-refractivity contribution in [2.45, 2.75) is 82.8 Å². The summed E-state index contributed by atoms with van der Waals surface area (Å²) in [6, 6.07) is 13.7. The highest BCUT2D eigenvalue weighted by atomic mass is 35.5. The van der Waals surface area contributed by atoms with Gasteiger partial charge in [-0.3, -0.25) is 14.5 Å². The third-order valence-electron chi connectivity index (χ3n) is 9.51. The number of fused-ring (bicyclic) bond motifs is 1. The van der Waals surface area contributed by atoms with E-state index in [2.05, 4.69) is 35.8 Å². The average molecular weight is 616 g/mol. The first-order valence-corrected chi connectivity index (χ1v) is 16.1. The van der Waals surface area contributed by atoms with Crippen LogP contribution < -0.4 is 4.74 Å². The van der Waals surface area contributed by atoms with Gasteiger partial charge in [-0.05, 0) is 92.3 Å². The van der Waals surface area contributed by atoms with E-state index >= 15 is 0 Å². The number of halogens is 2. The molecule has 228 valence electrons. The van der Waals surface area contributed by atoms with Crippen LogP contribution in [0, 0.1) is 11.8 Å². The molecule has 3 atom stereocenters. The third-order valence-corrected chi connectivity index (χ3v) is 10.2. The minimum absolute atomic E-state index is 0.00698. The van der Waals surface area contributed by atoms with E-state index < -0.39 is 11.0 Å². The fourth-order valence-electron chi connectivity index (χ4n) is 7.44. The zero-order chi connectivity index (χ0) is 30.1. The van der Waals surface area contributed by atoms with E-state index in [1.54, 1.807) is 19.2 Å². The van der Waals surface area contributed by atoms with E-state index in [-0.39, 0.29) is 24.3 Å². The molecule has 6 nitrogen and oxygen atoms in total. The molecule has 0 spiro atoms. The molecule has 2 aromatic carbocycles. The van der Waals surface area contributed by atoms with Crippen molar-refractivity contribution in [1.29, 1.82) is 0 Å². The molecule has 3 fully saturated rings. The molecule has 1 aliphatic heterocycles. The molecule has 42 heavy (non-hydrogen) atoms. The van der Waals surface area contributed by atoms with Gasteiger partial charge in [0.15, 0.2) is 0 Å². The lowest BCUT2D eigenvalue weighted by molar-refractivity contribution is -0.190. The van der Waals surface area contributed by atoms with Gasteiger partial charge in [0.2, 0.25) is 5.91 Å². The zero-order valence-electron chi connectivity index (χ0n) is 25.3. The van der Waals surface area contributed by atoms with Gasteiger partial charge >= 0.3 is 5.97 Å². The van der Waals surface area contributed by atoms with Crippen molar-refractivity contribution < 1.29 is 19.1 Å². The first kappa shape index (κ1) is 31.2. The number of carbonyl (C=O) groups excluding carboxylic acids is 2. The maximum Gasteiger partial charge on any atom is 0.303 e. The molecular formula is C34H44Cl2N2O4. The normalized spacial score (nSPS) is 26.0. The molecule has 1 heterocycles. The van der Waals surface area contributed by atoms with Gasteiger partial charge in [0.1, 0.15) is 11.4 Å². The Balaban J connectivity index is 1.52. The summed E-state index contributed by atoms with van der Waals surface area (Å²) in [4.78, 5) is 31.4. The van der Waals surface area contributed by atoms with Crippen LogP contribution in [-0.2, 0) is 26.2 Å². The van der Waals surface area contributed by atoms with Crippen molar-refractivity contribution in [2.75, 3.05) is 33.3 Å². The SMILES string of the molecule is COc1cccc([C@@]23CCN(CC4CC4)C[C@@]2(OC(C)=O)CC[C@H](N(CC(C)C)C(=O)Cc2ccc(Cl)c(Cl)c2)C3)c1. The van der Waals surface area contributed by atoms with Crippen molar-refractivity contribution in [1.82, 2.24) is 9.80 Å². The fourth-order valence-corrected chi connectivity index (χ4v) is 7.76. The monoisotopic (exact) mass is 614 g/mol. The summed E-state index contributed by atoms with van der Waals surface area (Å²) >= 11 is 12.4. The van der Waals surface area contributed by atoms with Crippen LogP contribution in [-0.4, -0.2) is 66.6 Å². The Kier molecular flexibility index (Phi) is 9.46. The van der Waals surface area contributed by atoms with E-state index in [9.17, 15) is 9.59 Å². The summed E-state index contributed by atoms with van der Waals surface area (Å²) in [5, 5.41) is 0.936. The summed E-state index contributed by atoms with van der Waals surface area (Å²) in [5.41, 5.74) is 0.852. The second-order valence-corrected chi connectivity index (χ2v) is 13.9. The number of rotatable bonds is 10. The van der Waals surface area contributed by atoms with Gasteiger partial charge in [-0.25, -0.2) is 0 Å². The Morgan fingerprint density at radius 3 is 2.52 bits per heavy atom. The number of carbonyl (C=O) groups is 2. The van der Waals surface area contributed by atoms with Crippen LogP contribution >= 0.6 is 23.2 Å². The number of amides is 1. The van der Waals surface area contributed by atoms with Gasteiger partial charge in [0.05, 0.1) is 23.6 Å². The summed E-state index contributed by atoms with van der Waals surface area (Å²) < 4.78 is 12.1. The molecule has 0 radical (unpaired) electrons. The Bertz CT molecular complexity index is 1300. The topological polar surface area (TPSA) is 59.1 Å². The van der Waals surface area contributed by atoms with Gasteiger partial charge in [0.25, 0.3) is 0 Å². The van der Waals surface area contributed by atoms with Crippen molar-refractivity contribution in [3.63, 3.8) is 0 Å². The highest BCUT2D eigenvalue weighted by Crippen LogP contribution is 2.55. The summed E-state index contributed by atoms with van der Waals surface area (Å²) in [5.74, 6) is 1.68. The highest BCUT2D eigenvalue weighted by molar-refractivity contribution is 6.42. The van der Waals surface area contributed by atoms with E-state index in [1.165, 1.54) is 19.8 Å². The van der Waals surface area contributed by atoms with Gasteiger partial charge in [-0.15, -0.1) is 0 Å². The smallest absolute Gasteiger partial charge is 0.303 e. The van der Waals surface area contributed by atoms with Gasteiger partial charge < -0.3 is 14.4 Å². The van der Waals surface area contributed by atoms with Crippen LogP contribution in [0.1, 0.15) is 70.4 Å². The van der Waals surface area contributed by atoms with E-state index in [1.807, 2.05) is 18.2 Å². The van der Waals surface area contributed by atoms with E-state index in [4.69, 9.17) is 32.7 Å². The number of likely N-dealkylation sites (tertiary alicyclic amines) is 1. The van der Waals surface area contributed by atoms with Crippen LogP contribution in [0.2, 0.25) is 10.0 Å². The van der Waals surface area contributed by atoms with Crippen LogP contribution in [0.3, 0.4) is 0 Å². The second-order valence-electron chi connectivity index (χ2n) is 13.1. The molecule has 2 aromatic rings. The lowest BCUT2D eigenvalue weighted by atomic mass is 9.54. The lowest BCUT2D eigenvalue weighted by Crippen LogP contribution is -2.69. The number of ether oxygens (including phenoxy) is 2. The summed E-state index contributed by atoms with van der Waals surface area (Å²) in [7, 11) is 1.68. The molecule has 0 unspecified atom stereocenters. The maximum atomic E-state index is 14.0. The van der Waals surface area contributed by atoms with Crippen molar-refractivity contribution in [3.05, 3.63) is 63.6 Å². The van der Waals surface area contributed by atoms with Gasteiger partial charge in [0, 0.05) is 38.0 Å². The molecule has 0 N–H and O–H groups in total. The number of benzene rings is 2. The molecule has 1 saturated heterocycles. The number of piperidine rings is 1. The van der Waals surface area contributed by atoms with Crippen LogP contribution in [0.5, 0.6) is 5.75 Å². The largest absolute Gasteiger partial charge is 0.497 e. The molecule has 2 saturated carbocycles. The number of hydrogen-bond acceptors (Lipinski definition) is 5. The first-order chi connectivity index (χ1) is 20.0. The molecule has 8 heteroatoms. The quantitative estimate of drug-likeness (QED) is 0.271. The Morgan fingerprint density at radius 2 is 1.86 bits per heavy atom. The average Bonchev–Trinajstić information content (AvgIpc) is 3.77. The number of methoxy groups -OCH3 is 1. The molecule has 5 rings (SSSR count). The Morgan fingerprint density at radius 1 is 1.07 bits per heavy atom. The predicted octanol–water partition coefficient (Wildman–Crippen LogP) is 6.94. The molecule has 3 aliphatic rings. The molecule has 1 amide bonds. The van der Waals surface area contributed by atoms with Gasteiger partial charge in [-0.2, -0.15) is 0 Å². The van der Waals surface area contributed by atoms with Gasteiger partial charge in [-0.1, -0.05) is 55.2 Å². The Labute approximate surface area is 260 Å². The lowest BCUT2D eigenvalue weighted by Gasteiger charge is -2.60. The van der Waals surface area contributed by atoms with E-state index in [0.29, 0.717) is 35.5 Å². The first-order valence-electron chi connectivity index (χ1n) is 15.3. The maximum absolute atomic E-state index is 14.0. The molecule has 0 bridgehead atoms. The summed E-state index contributed by atoms with van der Waals surface area (Å²) in [6.45, 7) is 9.21. The number of hydrogen-bond donors (Lipinski definition) is 0. The predicted molar refractivity (Wildman–Crippen MR) is 167 cm³/mol. The van der Waals surface area contributed by atoms with E-state index in [0.717, 1.165) is 55.1 Å². The fraction of sp³-hybridized carbons (Fsp3) is 0.588.